The second-order valence-corrected chi connectivity index (χ2v) is 4.60. The lowest BCUT2D eigenvalue weighted by atomic mass is 10.1. The quantitative estimate of drug-likeness (QED) is 0.657. The Labute approximate surface area is 106 Å². The molecule has 1 atom stereocenters. The average Bonchev–Trinajstić information content (AvgIpc) is 2.38. The molecular weight excluding hydrogens is 232 g/mol. The van der Waals surface area contributed by atoms with E-state index in [-0.39, 0.29) is 16.7 Å². The Morgan fingerprint density at radius 1 is 1.56 bits per heavy atom. The zero-order valence-electron chi connectivity index (χ0n) is 10.5. The maximum atomic E-state index is 10.8. The molecule has 0 spiro atoms. The molecule has 0 aromatic heterocycles. The molecule has 0 radical (unpaired) electrons. The average molecular weight is 250 g/mol. The molecule has 1 aromatic carbocycles. The minimum Gasteiger partial charge on any atom is -0.372 e. The van der Waals surface area contributed by atoms with Gasteiger partial charge in [-0.3, -0.25) is 10.1 Å². The summed E-state index contributed by atoms with van der Waals surface area (Å²) in [4.78, 5) is 10.5. The van der Waals surface area contributed by atoms with Crippen LogP contribution in [0.15, 0.2) is 18.2 Å². The Morgan fingerprint density at radius 2 is 2.39 bits per heavy atom. The minimum atomic E-state index is -0.346. The molecule has 1 aromatic rings. The number of nitrogens with zero attached hydrogens (tertiary/aromatic N) is 1. The zero-order chi connectivity index (χ0) is 13.0. The van der Waals surface area contributed by atoms with E-state index in [1.54, 1.807) is 13.0 Å². The number of nitro groups is 1. The van der Waals surface area contributed by atoms with Crippen LogP contribution in [0.4, 0.5) is 5.69 Å². The number of nitrogens with one attached hydrogen (secondary N) is 1. The summed E-state index contributed by atoms with van der Waals surface area (Å²) in [6, 6.07) is 5.13. The van der Waals surface area contributed by atoms with Gasteiger partial charge in [0.2, 0.25) is 0 Å². The van der Waals surface area contributed by atoms with Crippen LogP contribution in [0.5, 0.6) is 0 Å². The Balaban J connectivity index is 2.00. The van der Waals surface area contributed by atoms with Crippen LogP contribution >= 0.6 is 0 Å². The molecule has 0 bridgehead atoms. The molecule has 18 heavy (non-hydrogen) atoms. The van der Waals surface area contributed by atoms with Crippen molar-refractivity contribution >= 4 is 5.69 Å². The second kappa shape index (κ2) is 5.93. The van der Waals surface area contributed by atoms with Crippen molar-refractivity contribution in [2.45, 2.75) is 32.5 Å². The molecule has 5 nitrogen and oxygen atoms in total. The predicted octanol–water partition coefficient (Wildman–Crippen LogP) is 2.17. The van der Waals surface area contributed by atoms with Gasteiger partial charge in [0.05, 0.1) is 17.6 Å². The zero-order valence-corrected chi connectivity index (χ0v) is 10.5. The van der Waals surface area contributed by atoms with Gasteiger partial charge in [-0.2, -0.15) is 0 Å². The largest absolute Gasteiger partial charge is 0.372 e. The van der Waals surface area contributed by atoms with Crippen LogP contribution in [0.3, 0.4) is 0 Å². The van der Waals surface area contributed by atoms with Crippen LogP contribution in [-0.4, -0.2) is 24.1 Å². The van der Waals surface area contributed by atoms with E-state index < -0.39 is 0 Å². The van der Waals surface area contributed by atoms with Gasteiger partial charge in [-0.15, -0.1) is 0 Å². The number of nitro benzene ring substituents is 1. The highest BCUT2D eigenvalue weighted by Crippen LogP contribution is 2.22. The lowest BCUT2D eigenvalue weighted by Gasteiger charge is -2.23. The third-order valence-electron chi connectivity index (χ3n) is 3.34. The highest BCUT2D eigenvalue weighted by molar-refractivity contribution is 5.44. The normalized spacial score (nSPS) is 19.7. The van der Waals surface area contributed by atoms with Gasteiger partial charge < -0.3 is 10.1 Å². The third-order valence-corrected chi connectivity index (χ3v) is 3.34. The van der Waals surface area contributed by atoms with Crippen molar-refractivity contribution in [1.82, 2.24) is 5.32 Å². The fourth-order valence-corrected chi connectivity index (χ4v) is 2.19. The van der Waals surface area contributed by atoms with Gasteiger partial charge in [-0.05, 0) is 31.9 Å². The van der Waals surface area contributed by atoms with Crippen LogP contribution in [0, 0.1) is 17.0 Å². The second-order valence-electron chi connectivity index (χ2n) is 4.60. The van der Waals surface area contributed by atoms with Crippen LogP contribution in [0.2, 0.25) is 0 Å². The lowest BCUT2D eigenvalue weighted by molar-refractivity contribution is -0.385. The molecule has 1 N–H and O–H groups in total. The molecule has 1 heterocycles. The maximum Gasteiger partial charge on any atom is 0.272 e. The number of rotatable bonds is 4. The summed E-state index contributed by atoms with van der Waals surface area (Å²) >= 11 is 0. The Hall–Kier alpha value is -1.46. The molecule has 1 fully saturated rings. The SMILES string of the molecule is Cc1c(COC2CCCNC2)cccc1[N+](=O)[O-]. The fourth-order valence-electron chi connectivity index (χ4n) is 2.19. The Morgan fingerprint density at radius 3 is 3.06 bits per heavy atom. The number of hydrogen-bond acceptors (Lipinski definition) is 4. The van der Waals surface area contributed by atoms with Crippen molar-refractivity contribution in [3.63, 3.8) is 0 Å². The standard InChI is InChI=1S/C13H18N2O3/c1-10-11(4-2-6-13(10)15(16)17)9-18-12-5-3-7-14-8-12/h2,4,6,12,14H,3,5,7-9H2,1H3. The first kappa shape index (κ1) is 13.0. The van der Waals surface area contributed by atoms with Crippen molar-refractivity contribution in [3.8, 4) is 0 Å². The first-order valence-corrected chi connectivity index (χ1v) is 6.23. The maximum absolute atomic E-state index is 10.8. The third kappa shape index (κ3) is 3.05. The van der Waals surface area contributed by atoms with E-state index in [1.165, 1.54) is 6.07 Å². The molecular formula is C13H18N2O3. The molecule has 2 rings (SSSR count). The van der Waals surface area contributed by atoms with Gasteiger partial charge in [0, 0.05) is 18.2 Å². The van der Waals surface area contributed by atoms with E-state index in [4.69, 9.17) is 4.74 Å². The van der Waals surface area contributed by atoms with Crippen LogP contribution in [0.1, 0.15) is 24.0 Å². The van der Waals surface area contributed by atoms with Crippen molar-refractivity contribution in [1.29, 1.82) is 0 Å². The van der Waals surface area contributed by atoms with Crippen LogP contribution in [0.25, 0.3) is 0 Å². The van der Waals surface area contributed by atoms with Gasteiger partial charge in [-0.1, -0.05) is 12.1 Å². The molecule has 5 heteroatoms. The summed E-state index contributed by atoms with van der Waals surface area (Å²) in [7, 11) is 0. The van der Waals surface area contributed by atoms with E-state index >= 15 is 0 Å². The first-order chi connectivity index (χ1) is 8.68. The van der Waals surface area contributed by atoms with Gasteiger partial charge in [0.25, 0.3) is 5.69 Å². The van der Waals surface area contributed by atoms with Crippen molar-refractivity contribution < 1.29 is 9.66 Å². The van der Waals surface area contributed by atoms with E-state index in [2.05, 4.69) is 5.32 Å². The Kier molecular flexibility index (Phi) is 4.28. The number of benzene rings is 1. The number of hydrogen-bond donors (Lipinski definition) is 1. The molecule has 1 saturated heterocycles. The summed E-state index contributed by atoms with van der Waals surface area (Å²) in [5.74, 6) is 0. The van der Waals surface area contributed by atoms with Gasteiger partial charge >= 0.3 is 0 Å². The van der Waals surface area contributed by atoms with E-state index in [9.17, 15) is 10.1 Å². The van der Waals surface area contributed by atoms with E-state index in [1.807, 2.05) is 6.07 Å². The van der Waals surface area contributed by atoms with Gasteiger partial charge in [-0.25, -0.2) is 0 Å². The monoisotopic (exact) mass is 250 g/mol. The Bertz CT molecular complexity index is 428. The highest BCUT2D eigenvalue weighted by atomic mass is 16.6. The number of ether oxygens (including phenoxy) is 1. The first-order valence-electron chi connectivity index (χ1n) is 6.23. The topological polar surface area (TPSA) is 64.4 Å². The highest BCUT2D eigenvalue weighted by Gasteiger charge is 2.16. The molecule has 98 valence electrons. The molecule has 0 saturated carbocycles. The van der Waals surface area contributed by atoms with Crippen molar-refractivity contribution in [3.05, 3.63) is 39.4 Å². The van der Waals surface area contributed by atoms with E-state index in [0.717, 1.165) is 31.5 Å². The van der Waals surface area contributed by atoms with Gasteiger partial charge in [0.1, 0.15) is 0 Å². The molecule has 0 amide bonds. The van der Waals surface area contributed by atoms with Gasteiger partial charge in [0.15, 0.2) is 0 Å². The summed E-state index contributed by atoms with van der Waals surface area (Å²) in [6.07, 6.45) is 2.40. The molecule has 1 aliphatic heterocycles. The summed E-state index contributed by atoms with van der Waals surface area (Å²) in [5.41, 5.74) is 1.76. The predicted molar refractivity (Wildman–Crippen MR) is 68.5 cm³/mol. The summed E-state index contributed by atoms with van der Waals surface area (Å²) in [6.45, 7) is 4.14. The molecule has 0 aliphatic carbocycles. The summed E-state index contributed by atoms with van der Waals surface area (Å²) in [5, 5.41) is 14.1. The lowest BCUT2D eigenvalue weighted by Crippen LogP contribution is -2.35. The fraction of sp³-hybridized carbons (Fsp3) is 0.538. The molecule has 1 unspecified atom stereocenters. The molecule has 1 aliphatic rings. The number of piperidine rings is 1. The van der Waals surface area contributed by atoms with Crippen molar-refractivity contribution in [2.24, 2.45) is 0 Å². The van der Waals surface area contributed by atoms with Crippen LogP contribution in [-0.2, 0) is 11.3 Å². The van der Waals surface area contributed by atoms with E-state index in [0.29, 0.717) is 12.2 Å². The summed E-state index contributed by atoms with van der Waals surface area (Å²) < 4.78 is 5.80. The van der Waals surface area contributed by atoms with Crippen LogP contribution < -0.4 is 5.32 Å². The minimum absolute atomic E-state index is 0.165. The smallest absolute Gasteiger partial charge is 0.272 e. The van der Waals surface area contributed by atoms with Crippen molar-refractivity contribution in [2.75, 3.05) is 13.1 Å².